The Morgan fingerprint density at radius 1 is 0.833 bits per heavy atom. The molecule has 72 heavy (non-hydrogen) atoms. The molecule has 1 saturated carbocycles. The van der Waals surface area contributed by atoms with Gasteiger partial charge in [0.05, 0.1) is 43.2 Å². The van der Waals surface area contributed by atoms with Crippen molar-refractivity contribution in [2.75, 3.05) is 41.1 Å². The number of esters is 1. The van der Waals surface area contributed by atoms with Crippen LogP contribution in [-0.2, 0) is 57.1 Å². The molecule has 2 saturated heterocycles. The number of fused-ring (bicyclic) bond motifs is 3. The number of aliphatic hydroxyl groups is 2. The Bertz CT molecular complexity index is 1920. The number of methoxy groups -OCH3 is 3. The van der Waals surface area contributed by atoms with Gasteiger partial charge in [-0.15, -0.1) is 0 Å². The van der Waals surface area contributed by atoms with E-state index in [1.165, 1.54) is 12.0 Å². The smallest absolute Gasteiger partial charge is 0.329 e. The van der Waals surface area contributed by atoms with E-state index in [0.29, 0.717) is 70.2 Å². The summed E-state index contributed by atoms with van der Waals surface area (Å²) < 4.78 is 42.0. The van der Waals surface area contributed by atoms with Gasteiger partial charge in [-0.3, -0.25) is 19.2 Å². The second-order valence-corrected chi connectivity index (χ2v) is 22.4. The van der Waals surface area contributed by atoms with Crippen molar-refractivity contribution >= 4 is 29.2 Å². The van der Waals surface area contributed by atoms with E-state index in [9.17, 15) is 34.2 Å². The number of ether oxygens (including phenoxy) is 7. The first-order valence-corrected chi connectivity index (χ1v) is 26.7. The Hall–Kier alpha value is -3.41. The summed E-state index contributed by atoms with van der Waals surface area (Å²) in [5.74, 6) is -7.87. The molecule has 4 rings (SSSR count). The lowest BCUT2D eigenvalue weighted by Crippen LogP contribution is -2.61. The van der Waals surface area contributed by atoms with Gasteiger partial charge in [0.25, 0.3) is 11.7 Å². The van der Waals surface area contributed by atoms with E-state index in [1.54, 1.807) is 41.1 Å². The van der Waals surface area contributed by atoms with Crippen LogP contribution in [0.25, 0.3) is 0 Å². The molecule has 2 N–H and O–H groups in total. The Morgan fingerprint density at radius 3 is 2.22 bits per heavy atom. The number of carbonyl (C=O) groups excluding carboxylic acids is 5. The van der Waals surface area contributed by atoms with Crippen molar-refractivity contribution in [1.29, 1.82) is 0 Å². The third-order valence-corrected chi connectivity index (χ3v) is 15.4. The summed E-state index contributed by atoms with van der Waals surface area (Å²) in [6, 6.07) is -1.14. The summed E-state index contributed by atoms with van der Waals surface area (Å²) in [5.41, 5.74) is 1.00. The van der Waals surface area contributed by atoms with Gasteiger partial charge in [0.1, 0.15) is 30.1 Å². The van der Waals surface area contributed by atoms with Gasteiger partial charge < -0.3 is 48.3 Å². The lowest BCUT2D eigenvalue weighted by molar-refractivity contribution is -0.265. The van der Waals surface area contributed by atoms with E-state index < -0.39 is 77.8 Å². The van der Waals surface area contributed by atoms with Crippen molar-refractivity contribution in [3.05, 3.63) is 47.6 Å². The quantitative estimate of drug-likeness (QED) is 0.0925. The number of rotatable bonds is 10. The van der Waals surface area contributed by atoms with E-state index in [1.807, 2.05) is 78.8 Å². The second-order valence-electron chi connectivity index (χ2n) is 22.4. The maximum atomic E-state index is 14.6. The van der Waals surface area contributed by atoms with Crippen LogP contribution in [0.1, 0.15) is 146 Å². The topological polar surface area (TPSA) is 194 Å². The van der Waals surface area contributed by atoms with E-state index in [4.69, 9.17) is 33.2 Å². The van der Waals surface area contributed by atoms with Crippen molar-refractivity contribution in [2.24, 2.45) is 35.5 Å². The first-order valence-electron chi connectivity index (χ1n) is 26.7. The van der Waals surface area contributed by atoms with Gasteiger partial charge in [0, 0.05) is 58.5 Å². The molecule has 0 aromatic heterocycles. The molecule has 4 aliphatic rings. The normalized spacial score (nSPS) is 36.7. The Balaban J connectivity index is 1.67. The van der Waals surface area contributed by atoms with Gasteiger partial charge in [0.2, 0.25) is 5.79 Å². The summed E-state index contributed by atoms with van der Waals surface area (Å²) in [4.78, 5) is 72.5. The minimum Gasteiger partial charge on any atom is -0.460 e. The summed E-state index contributed by atoms with van der Waals surface area (Å²) >= 11 is 0. The molecular weight excluding hydrogens is 923 g/mol. The molecule has 1 unspecified atom stereocenters. The van der Waals surface area contributed by atoms with Crippen LogP contribution >= 0.6 is 0 Å². The van der Waals surface area contributed by atoms with Crippen molar-refractivity contribution in [3.8, 4) is 0 Å². The van der Waals surface area contributed by atoms with Gasteiger partial charge in [-0.05, 0) is 128 Å². The molecule has 2 bridgehead atoms. The molecule has 3 heterocycles. The van der Waals surface area contributed by atoms with Crippen LogP contribution in [0.4, 0.5) is 0 Å². The minimum atomic E-state index is -2.43. The molecule has 15 nitrogen and oxygen atoms in total. The number of carbonyl (C=O) groups is 5. The highest BCUT2D eigenvalue weighted by Crippen LogP contribution is 2.38. The van der Waals surface area contributed by atoms with E-state index in [0.717, 1.165) is 18.4 Å². The van der Waals surface area contributed by atoms with Gasteiger partial charge in [0.15, 0.2) is 5.78 Å². The Labute approximate surface area is 430 Å². The molecule has 0 aromatic rings. The highest BCUT2D eigenvalue weighted by atomic mass is 16.6. The third-order valence-electron chi connectivity index (χ3n) is 15.4. The number of hydrogen-bond acceptors (Lipinski definition) is 14. The average Bonchev–Trinajstić information content (AvgIpc) is 3.34. The number of Topliss-reactive ketones (excluding diaryl/α,β-unsaturated/α-hetero) is 3. The number of nitrogens with zero attached hydrogens (tertiary/aromatic N) is 1. The van der Waals surface area contributed by atoms with Crippen molar-refractivity contribution in [2.45, 2.75) is 206 Å². The third kappa shape index (κ3) is 17.3. The SMILES string of the molecule is CO[C@H]1C[C@H]2CC[C@H](C)[C@](O)(O2)C(=O)C(=O)N2CCCC[C@@H]2C(=O)OC([C@@H](C)C[C@@H]2CC[C@@H](OCCOC(C)(C)C)[C@H](OC)C2)CC(=O)[C@H](C)/C=C(\C)[C@@H](O)[C@@H](OC)C(=O)[C@@H](C)C[C@@H](C)/C=C/C=CC=C1C. The molecule has 0 radical (unpaired) electrons. The lowest BCUT2D eigenvalue weighted by Gasteiger charge is -2.42. The number of cyclic esters (lactones) is 1. The molecule has 15 heteroatoms. The minimum absolute atomic E-state index is 0.0176. The van der Waals surface area contributed by atoms with Crippen LogP contribution in [0.2, 0.25) is 0 Å². The Kier molecular flexibility index (Phi) is 24.2. The molecule has 15 atom stereocenters. The lowest BCUT2D eigenvalue weighted by atomic mass is 9.78. The van der Waals surface area contributed by atoms with Crippen LogP contribution in [0.3, 0.4) is 0 Å². The average molecular weight is 1010 g/mol. The number of ketones is 3. The summed E-state index contributed by atoms with van der Waals surface area (Å²) in [6.45, 7) is 19.8. The first-order chi connectivity index (χ1) is 33.9. The van der Waals surface area contributed by atoms with E-state index in [-0.39, 0.29) is 66.5 Å². The fourth-order valence-electron chi connectivity index (χ4n) is 10.8. The standard InChI is InChI=1S/C57H91NO14/c1-35-19-15-14-16-20-36(2)47(66-11)33-43-24-22-41(7)57(65,72-43)53(62)54(63)58-26-18-17-21-44(58)55(64)71-48(34-45(59)37(3)30-40(6)51(61)52(68-13)50(60)39(5)29-35)38(4)31-42-23-25-46(49(32-42)67-12)69-27-28-70-56(8,9)10/h14-16,19-20,30,35,37-39,41-44,46-49,51-52,61,65H,17-18,21-29,31-34H2,1-13H3/b16-14?,19-15+,36-20?,40-30+/t35-,37+,38-,39-,41-,42-,43+,44+,46+,47-,48?,49+,51+,52-,57-/m0/s1. The molecule has 408 valence electrons. The molecule has 3 aliphatic heterocycles. The monoisotopic (exact) mass is 1010 g/mol. The molecule has 0 spiro atoms. The van der Waals surface area contributed by atoms with Crippen LogP contribution < -0.4 is 0 Å². The van der Waals surface area contributed by atoms with Gasteiger partial charge in [-0.25, -0.2) is 4.79 Å². The molecule has 1 aliphatic carbocycles. The fourth-order valence-corrected chi connectivity index (χ4v) is 10.8. The zero-order chi connectivity index (χ0) is 53.5. The maximum absolute atomic E-state index is 14.6. The summed E-state index contributed by atoms with van der Waals surface area (Å²) in [6.07, 6.45) is 12.3. The van der Waals surface area contributed by atoms with Crippen molar-refractivity contribution < 1.29 is 67.3 Å². The van der Waals surface area contributed by atoms with Crippen LogP contribution in [0, 0.1) is 35.5 Å². The van der Waals surface area contributed by atoms with E-state index in [2.05, 4.69) is 0 Å². The second kappa shape index (κ2) is 28.5. The van der Waals surface area contributed by atoms with Gasteiger partial charge in [-0.2, -0.15) is 0 Å². The van der Waals surface area contributed by atoms with Gasteiger partial charge in [-0.1, -0.05) is 71.1 Å². The predicted molar refractivity (Wildman–Crippen MR) is 275 cm³/mol. The van der Waals surface area contributed by atoms with Crippen LogP contribution in [-0.4, -0.2) is 146 Å². The largest absolute Gasteiger partial charge is 0.460 e. The number of piperidine rings is 1. The van der Waals surface area contributed by atoms with E-state index >= 15 is 0 Å². The molecule has 1 amide bonds. The predicted octanol–water partition coefficient (Wildman–Crippen LogP) is 8.02. The number of aliphatic hydroxyl groups excluding tert-OH is 1. The fraction of sp³-hybridized carbons (Fsp3) is 0.772. The summed E-state index contributed by atoms with van der Waals surface area (Å²) in [5, 5.41) is 23.5. The van der Waals surface area contributed by atoms with Crippen LogP contribution in [0.5, 0.6) is 0 Å². The zero-order valence-corrected chi connectivity index (χ0v) is 45.9. The number of hydrogen-bond donors (Lipinski definition) is 2. The highest BCUT2D eigenvalue weighted by molar-refractivity contribution is 6.39. The van der Waals surface area contributed by atoms with Crippen molar-refractivity contribution in [3.63, 3.8) is 0 Å². The highest BCUT2D eigenvalue weighted by Gasteiger charge is 2.53. The number of amides is 1. The molecule has 0 aromatic carbocycles. The molecule has 3 fully saturated rings. The molecular formula is C57H91NO14. The maximum Gasteiger partial charge on any atom is 0.329 e. The number of allylic oxidation sites excluding steroid dienone is 6. The van der Waals surface area contributed by atoms with Crippen LogP contribution in [0.15, 0.2) is 47.6 Å². The van der Waals surface area contributed by atoms with Crippen molar-refractivity contribution in [1.82, 2.24) is 4.90 Å². The zero-order valence-electron chi connectivity index (χ0n) is 45.9. The Morgan fingerprint density at radius 2 is 1.56 bits per heavy atom. The van der Waals surface area contributed by atoms with Gasteiger partial charge >= 0.3 is 5.97 Å². The first kappa shape index (κ1) is 61.1. The summed E-state index contributed by atoms with van der Waals surface area (Å²) in [7, 11) is 4.65.